The van der Waals surface area contributed by atoms with Gasteiger partial charge in [-0.2, -0.15) is 0 Å². The summed E-state index contributed by atoms with van der Waals surface area (Å²) in [4.78, 5) is 3.30. The number of likely N-dealkylation sites (N-methyl/N-ethyl adjacent to an activating group) is 1. The molecule has 0 aliphatic carbocycles. The summed E-state index contributed by atoms with van der Waals surface area (Å²) in [5.74, 6) is 0.917. The van der Waals surface area contributed by atoms with E-state index in [1.165, 1.54) is 0 Å². The lowest BCUT2D eigenvalue weighted by Crippen LogP contribution is -2.27. The molecule has 0 N–H and O–H groups in total. The van der Waals surface area contributed by atoms with Crippen molar-refractivity contribution in [3.63, 3.8) is 0 Å². The molecule has 0 bridgehead atoms. The number of hydrogen-bond donors (Lipinski definition) is 1. The molecule has 0 amide bonds. The Balaban J connectivity index is 2.28. The Kier molecular flexibility index (Phi) is 5.58. The first-order chi connectivity index (χ1) is 7.26. The van der Waals surface area contributed by atoms with Gasteiger partial charge in [0, 0.05) is 11.4 Å². The first-order valence-electron chi connectivity index (χ1n) is 5.40. The van der Waals surface area contributed by atoms with Crippen molar-refractivity contribution in [1.29, 1.82) is 0 Å². The molecular weight excluding hydrogens is 206 g/mol. The topological polar surface area (TPSA) is 12.5 Å². The van der Waals surface area contributed by atoms with E-state index in [4.69, 9.17) is 4.74 Å². The molecule has 0 aromatic heterocycles. The van der Waals surface area contributed by atoms with Crippen LogP contribution in [0.3, 0.4) is 0 Å². The molecule has 1 aromatic carbocycles. The van der Waals surface area contributed by atoms with Crippen LogP contribution in [0.15, 0.2) is 29.2 Å². The Morgan fingerprint density at radius 1 is 1.13 bits per heavy atom. The number of hydrogen-bond acceptors (Lipinski definition) is 3. The fourth-order valence-electron chi connectivity index (χ4n) is 1.37. The molecule has 0 saturated carbocycles. The maximum atomic E-state index is 5.62. The lowest BCUT2D eigenvalue weighted by atomic mass is 10.3. The van der Waals surface area contributed by atoms with Crippen LogP contribution in [0.2, 0.25) is 0 Å². The minimum atomic E-state index is 0.744. The summed E-state index contributed by atoms with van der Waals surface area (Å²) in [5, 5.41) is 0. The molecule has 0 aliphatic heterocycles. The van der Waals surface area contributed by atoms with E-state index in [-0.39, 0.29) is 0 Å². The first kappa shape index (κ1) is 12.4. The molecule has 0 fully saturated rings. The molecule has 0 aliphatic rings. The number of benzene rings is 1. The zero-order valence-electron chi connectivity index (χ0n) is 9.44. The zero-order chi connectivity index (χ0) is 11.1. The highest BCUT2D eigenvalue weighted by molar-refractivity contribution is 7.80. The van der Waals surface area contributed by atoms with Gasteiger partial charge in [-0.25, -0.2) is 0 Å². The van der Waals surface area contributed by atoms with E-state index < -0.39 is 0 Å². The van der Waals surface area contributed by atoms with Crippen molar-refractivity contribution in [2.75, 3.05) is 26.2 Å². The third-order valence-corrected chi connectivity index (χ3v) is 2.71. The van der Waals surface area contributed by atoms with Crippen LogP contribution in [0.1, 0.15) is 13.8 Å². The standard InChI is InChI=1S/C12H19NOS/c1-3-13(4-2)9-10-14-11-5-7-12(15)8-6-11/h5-8,15H,3-4,9-10H2,1-2H3. The van der Waals surface area contributed by atoms with Crippen molar-refractivity contribution >= 4 is 12.6 Å². The quantitative estimate of drug-likeness (QED) is 0.747. The highest BCUT2D eigenvalue weighted by Crippen LogP contribution is 2.13. The van der Waals surface area contributed by atoms with Crippen molar-refractivity contribution in [3.8, 4) is 5.75 Å². The van der Waals surface area contributed by atoms with Crippen molar-refractivity contribution in [2.45, 2.75) is 18.7 Å². The predicted octanol–water partition coefficient (Wildman–Crippen LogP) is 2.70. The molecule has 1 rings (SSSR count). The average molecular weight is 225 g/mol. The maximum Gasteiger partial charge on any atom is 0.119 e. The summed E-state index contributed by atoms with van der Waals surface area (Å²) in [5.41, 5.74) is 0. The SMILES string of the molecule is CCN(CC)CCOc1ccc(S)cc1. The minimum absolute atomic E-state index is 0.744. The molecule has 0 radical (unpaired) electrons. The summed E-state index contributed by atoms with van der Waals surface area (Å²) in [7, 11) is 0. The van der Waals surface area contributed by atoms with Crippen LogP contribution in [0.5, 0.6) is 5.75 Å². The molecule has 84 valence electrons. The van der Waals surface area contributed by atoms with Crippen LogP contribution < -0.4 is 4.74 Å². The van der Waals surface area contributed by atoms with Crippen LogP contribution in [-0.2, 0) is 0 Å². The summed E-state index contributed by atoms with van der Waals surface area (Å²) in [6.07, 6.45) is 0. The molecule has 15 heavy (non-hydrogen) atoms. The minimum Gasteiger partial charge on any atom is -0.492 e. The highest BCUT2D eigenvalue weighted by Gasteiger charge is 1.99. The maximum absolute atomic E-state index is 5.62. The Morgan fingerprint density at radius 2 is 1.73 bits per heavy atom. The van der Waals surface area contributed by atoms with Gasteiger partial charge in [-0.3, -0.25) is 0 Å². The van der Waals surface area contributed by atoms with Gasteiger partial charge < -0.3 is 9.64 Å². The largest absolute Gasteiger partial charge is 0.492 e. The molecule has 3 heteroatoms. The van der Waals surface area contributed by atoms with Crippen LogP contribution in [0.25, 0.3) is 0 Å². The Labute approximate surface area is 97.6 Å². The second-order valence-corrected chi connectivity index (χ2v) is 3.89. The molecular formula is C12H19NOS. The van der Waals surface area contributed by atoms with Crippen LogP contribution in [-0.4, -0.2) is 31.1 Å². The zero-order valence-corrected chi connectivity index (χ0v) is 10.3. The molecule has 0 atom stereocenters. The second-order valence-electron chi connectivity index (χ2n) is 3.37. The summed E-state index contributed by atoms with van der Waals surface area (Å²) in [6, 6.07) is 7.78. The van der Waals surface area contributed by atoms with Gasteiger partial charge in [-0.1, -0.05) is 13.8 Å². The van der Waals surface area contributed by atoms with Crippen molar-refractivity contribution in [1.82, 2.24) is 4.90 Å². The van der Waals surface area contributed by atoms with Crippen LogP contribution >= 0.6 is 12.6 Å². The first-order valence-corrected chi connectivity index (χ1v) is 5.85. The van der Waals surface area contributed by atoms with E-state index in [2.05, 4.69) is 31.4 Å². The molecule has 2 nitrogen and oxygen atoms in total. The van der Waals surface area contributed by atoms with Crippen LogP contribution in [0.4, 0.5) is 0 Å². The van der Waals surface area contributed by atoms with Gasteiger partial charge in [-0.05, 0) is 37.4 Å². The lowest BCUT2D eigenvalue weighted by Gasteiger charge is -2.17. The van der Waals surface area contributed by atoms with E-state index in [0.29, 0.717) is 0 Å². The fourth-order valence-corrected chi connectivity index (χ4v) is 1.52. The fraction of sp³-hybridized carbons (Fsp3) is 0.500. The lowest BCUT2D eigenvalue weighted by molar-refractivity contribution is 0.223. The van der Waals surface area contributed by atoms with Crippen molar-refractivity contribution in [2.24, 2.45) is 0 Å². The molecule has 0 unspecified atom stereocenters. The van der Waals surface area contributed by atoms with E-state index in [9.17, 15) is 0 Å². The number of ether oxygens (including phenoxy) is 1. The van der Waals surface area contributed by atoms with Gasteiger partial charge in [0.1, 0.15) is 12.4 Å². The molecule has 0 heterocycles. The third kappa shape index (κ3) is 4.58. The van der Waals surface area contributed by atoms with E-state index in [1.54, 1.807) is 0 Å². The smallest absolute Gasteiger partial charge is 0.119 e. The predicted molar refractivity (Wildman–Crippen MR) is 67.0 cm³/mol. The molecule has 0 spiro atoms. The summed E-state index contributed by atoms with van der Waals surface area (Å²) < 4.78 is 5.62. The van der Waals surface area contributed by atoms with E-state index in [1.807, 2.05) is 24.3 Å². The second kappa shape index (κ2) is 6.75. The average Bonchev–Trinajstić information content (AvgIpc) is 2.27. The third-order valence-electron chi connectivity index (χ3n) is 2.41. The monoisotopic (exact) mass is 225 g/mol. The highest BCUT2D eigenvalue weighted by atomic mass is 32.1. The van der Waals surface area contributed by atoms with Crippen molar-refractivity contribution in [3.05, 3.63) is 24.3 Å². The molecule has 1 aromatic rings. The van der Waals surface area contributed by atoms with Crippen LogP contribution in [0, 0.1) is 0 Å². The summed E-state index contributed by atoms with van der Waals surface area (Å²) in [6.45, 7) is 8.21. The number of nitrogens with zero attached hydrogens (tertiary/aromatic N) is 1. The molecule has 0 saturated heterocycles. The van der Waals surface area contributed by atoms with Gasteiger partial charge in [0.05, 0.1) is 0 Å². The van der Waals surface area contributed by atoms with Gasteiger partial charge >= 0.3 is 0 Å². The summed E-state index contributed by atoms with van der Waals surface area (Å²) >= 11 is 4.22. The van der Waals surface area contributed by atoms with Gasteiger partial charge in [0.25, 0.3) is 0 Å². The van der Waals surface area contributed by atoms with E-state index in [0.717, 1.165) is 36.9 Å². The van der Waals surface area contributed by atoms with Gasteiger partial charge in [0.2, 0.25) is 0 Å². The number of rotatable bonds is 6. The Hall–Kier alpha value is -0.670. The Morgan fingerprint density at radius 3 is 2.27 bits per heavy atom. The van der Waals surface area contributed by atoms with Gasteiger partial charge in [0.15, 0.2) is 0 Å². The van der Waals surface area contributed by atoms with Gasteiger partial charge in [-0.15, -0.1) is 12.6 Å². The van der Waals surface area contributed by atoms with Crippen molar-refractivity contribution < 1.29 is 4.74 Å². The Bertz CT molecular complexity index is 269. The normalized spacial score (nSPS) is 10.7. The number of thiol groups is 1. The van der Waals surface area contributed by atoms with E-state index >= 15 is 0 Å².